The number of unbranched alkanes of at least 4 members (excludes halogenated alkanes) is 1. The quantitative estimate of drug-likeness (QED) is 0.874. The van der Waals surface area contributed by atoms with Crippen LogP contribution in [0, 0.1) is 11.3 Å². The molecule has 0 aliphatic carbocycles. The molecule has 0 fully saturated rings. The van der Waals surface area contributed by atoms with E-state index in [4.69, 9.17) is 5.26 Å². The first kappa shape index (κ1) is 11.4. The molecule has 0 saturated heterocycles. The van der Waals surface area contributed by atoms with E-state index >= 15 is 0 Å². The molecule has 0 unspecified atom stereocenters. The Bertz CT molecular complexity index is 635. The predicted molar refractivity (Wildman–Crippen MR) is 67.9 cm³/mol. The van der Waals surface area contributed by atoms with Crippen molar-refractivity contribution in [2.24, 2.45) is 0 Å². The number of nitrogens with one attached hydrogen (secondary N) is 1. The molecule has 0 spiro atoms. The molecule has 2 rings (SSSR count). The molecule has 1 heterocycles. The fourth-order valence-electron chi connectivity index (χ4n) is 1.89. The van der Waals surface area contributed by atoms with Crippen LogP contribution < -0.4 is 5.43 Å². The van der Waals surface area contributed by atoms with Gasteiger partial charge in [-0.2, -0.15) is 5.26 Å². The number of fused-ring (bicyclic) bond motifs is 1. The largest absolute Gasteiger partial charge is 0.360 e. The Morgan fingerprint density at radius 2 is 2.24 bits per heavy atom. The van der Waals surface area contributed by atoms with Gasteiger partial charge in [-0.15, -0.1) is 0 Å². The van der Waals surface area contributed by atoms with Crippen molar-refractivity contribution in [3.8, 4) is 6.07 Å². The van der Waals surface area contributed by atoms with E-state index in [2.05, 4.69) is 11.9 Å². The van der Waals surface area contributed by atoms with Crippen LogP contribution in [0.4, 0.5) is 0 Å². The third-order valence-corrected chi connectivity index (χ3v) is 2.88. The SMILES string of the molecule is CCCCc1ccc2[nH]cc(C#N)c(=O)c2c1. The number of rotatable bonds is 3. The van der Waals surface area contributed by atoms with Crippen LogP contribution in [0.25, 0.3) is 10.9 Å². The number of pyridine rings is 1. The smallest absolute Gasteiger partial charge is 0.207 e. The maximum atomic E-state index is 11.9. The number of aromatic nitrogens is 1. The highest BCUT2D eigenvalue weighted by Gasteiger charge is 2.05. The lowest BCUT2D eigenvalue weighted by atomic mass is 10.0. The van der Waals surface area contributed by atoms with Crippen molar-refractivity contribution in [1.29, 1.82) is 5.26 Å². The van der Waals surface area contributed by atoms with Crippen molar-refractivity contribution in [3.63, 3.8) is 0 Å². The minimum absolute atomic E-state index is 0.171. The Kier molecular flexibility index (Phi) is 3.24. The predicted octanol–water partition coefficient (Wildman–Crippen LogP) is 2.74. The summed E-state index contributed by atoms with van der Waals surface area (Å²) in [6.45, 7) is 2.14. The molecule has 0 atom stereocenters. The average Bonchev–Trinajstić information content (AvgIpc) is 2.37. The van der Waals surface area contributed by atoms with Gasteiger partial charge in [0, 0.05) is 17.1 Å². The molecule has 0 saturated carbocycles. The highest BCUT2D eigenvalue weighted by Crippen LogP contribution is 2.13. The highest BCUT2D eigenvalue weighted by atomic mass is 16.1. The Labute approximate surface area is 99.7 Å². The van der Waals surface area contributed by atoms with E-state index in [0.717, 1.165) is 30.3 Å². The minimum Gasteiger partial charge on any atom is -0.360 e. The van der Waals surface area contributed by atoms with Crippen LogP contribution in [-0.4, -0.2) is 4.98 Å². The Morgan fingerprint density at radius 1 is 1.41 bits per heavy atom. The monoisotopic (exact) mass is 226 g/mol. The molecule has 3 heteroatoms. The zero-order valence-corrected chi connectivity index (χ0v) is 9.79. The number of hydrogen-bond donors (Lipinski definition) is 1. The van der Waals surface area contributed by atoms with Gasteiger partial charge >= 0.3 is 0 Å². The fourth-order valence-corrected chi connectivity index (χ4v) is 1.89. The number of nitrogens with zero attached hydrogens (tertiary/aromatic N) is 1. The number of nitriles is 1. The molecule has 3 nitrogen and oxygen atoms in total. The lowest BCUT2D eigenvalue weighted by molar-refractivity contribution is 0.796. The fraction of sp³-hybridized carbons (Fsp3) is 0.286. The van der Waals surface area contributed by atoms with Gasteiger partial charge in [-0.1, -0.05) is 19.4 Å². The lowest BCUT2D eigenvalue weighted by Crippen LogP contribution is -2.07. The van der Waals surface area contributed by atoms with Crippen molar-refractivity contribution in [1.82, 2.24) is 4.98 Å². The summed E-state index contributed by atoms with van der Waals surface area (Å²) < 4.78 is 0. The number of H-pyrrole nitrogens is 1. The Morgan fingerprint density at radius 3 is 2.94 bits per heavy atom. The summed E-state index contributed by atoms with van der Waals surface area (Å²) in [5.74, 6) is 0. The molecule has 1 aromatic heterocycles. The van der Waals surface area contributed by atoms with Crippen molar-refractivity contribution in [2.75, 3.05) is 0 Å². The van der Waals surface area contributed by atoms with Gasteiger partial charge in [0.15, 0.2) is 0 Å². The second-order valence-corrected chi connectivity index (χ2v) is 4.13. The molecule has 0 amide bonds. The second-order valence-electron chi connectivity index (χ2n) is 4.13. The summed E-state index contributed by atoms with van der Waals surface area (Å²) in [5, 5.41) is 9.43. The molecule has 86 valence electrons. The van der Waals surface area contributed by atoms with Crippen molar-refractivity contribution < 1.29 is 0 Å². The first-order valence-electron chi connectivity index (χ1n) is 5.80. The topological polar surface area (TPSA) is 56.6 Å². The van der Waals surface area contributed by atoms with Gasteiger partial charge in [0.25, 0.3) is 0 Å². The molecular weight excluding hydrogens is 212 g/mol. The standard InChI is InChI=1S/C14H14N2O/c1-2-3-4-10-5-6-13-12(7-10)14(17)11(8-15)9-16-13/h5-7,9H,2-4H2,1H3,(H,16,17). The summed E-state index contributed by atoms with van der Waals surface area (Å²) in [5.41, 5.74) is 1.93. The van der Waals surface area contributed by atoms with Crippen LogP contribution >= 0.6 is 0 Å². The maximum absolute atomic E-state index is 11.9. The van der Waals surface area contributed by atoms with Crippen molar-refractivity contribution in [3.05, 3.63) is 45.7 Å². The Balaban J connectivity index is 2.55. The van der Waals surface area contributed by atoms with E-state index in [9.17, 15) is 4.79 Å². The van der Waals surface area contributed by atoms with Crippen LogP contribution in [0.1, 0.15) is 30.9 Å². The summed E-state index contributed by atoms with van der Waals surface area (Å²) >= 11 is 0. The van der Waals surface area contributed by atoms with Gasteiger partial charge in [-0.05, 0) is 30.5 Å². The van der Waals surface area contributed by atoms with E-state index < -0.39 is 0 Å². The van der Waals surface area contributed by atoms with Crippen LogP contribution in [0.5, 0.6) is 0 Å². The summed E-state index contributed by atoms with van der Waals surface area (Å²) in [6.07, 6.45) is 4.69. The summed E-state index contributed by atoms with van der Waals surface area (Å²) in [7, 11) is 0. The third-order valence-electron chi connectivity index (χ3n) is 2.88. The zero-order chi connectivity index (χ0) is 12.3. The molecule has 0 bridgehead atoms. The van der Waals surface area contributed by atoms with Gasteiger partial charge in [0.1, 0.15) is 11.6 Å². The molecule has 17 heavy (non-hydrogen) atoms. The Hall–Kier alpha value is -2.08. The van der Waals surface area contributed by atoms with Gasteiger partial charge in [-0.3, -0.25) is 4.79 Å². The van der Waals surface area contributed by atoms with Gasteiger partial charge < -0.3 is 4.98 Å². The molecular formula is C14H14N2O. The lowest BCUT2D eigenvalue weighted by Gasteiger charge is -2.03. The van der Waals surface area contributed by atoms with Gasteiger partial charge in [0.2, 0.25) is 5.43 Å². The zero-order valence-electron chi connectivity index (χ0n) is 9.79. The van der Waals surface area contributed by atoms with E-state index in [1.54, 1.807) is 0 Å². The van der Waals surface area contributed by atoms with Crippen molar-refractivity contribution >= 4 is 10.9 Å². The number of benzene rings is 1. The molecule has 1 aromatic carbocycles. The van der Waals surface area contributed by atoms with Gasteiger partial charge in [-0.25, -0.2) is 0 Å². The normalized spacial score (nSPS) is 10.4. The van der Waals surface area contributed by atoms with Crippen molar-refractivity contribution in [2.45, 2.75) is 26.2 Å². The highest BCUT2D eigenvalue weighted by molar-refractivity contribution is 5.80. The minimum atomic E-state index is -0.181. The summed E-state index contributed by atoms with van der Waals surface area (Å²) in [4.78, 5) is 14.9. The molecule has 0 aliphatic heterocycles. The number of hydrogen-bond acceptors (Lipinski definition) is 2. The molecule has 0 aliphatic rings. The van der Waals surface area contributed by atoms with Crippen LogP contribution in [0.2, 0.25) is 0 Å². The summed E-state index contributed by atoms with van der Waals surface area (Å²) in [6, 6.07) is 7.73. The van der Waals surface area contributed by atoms with Crippen LogP contribution in [0.15, 0.2) is 29.2 Å². The molecule has 0 radical (unpaired) electrons. The number of aryl methyl sites for hydroxylation is 1. The van der Waals surface area contributed by atoms with E-state index in [-0.39, 0.29) is 11.0 Å². The first-order chi connectivity index (χ1) is 8.26. The van der Waals surface area contributed by atoms with E-state index in [0.29, 0.717) is 5.39 Å². The van der Waals surface area contributed by atoms with Crippen LogP contribution in [-0.2, 0) is 6.42 Å². The third kappa shape index (κ3) is 2.21. The van der Waals surface area contributed by atoms with Crippen LogP contribution in [0.3, 0.4) is 0 Å². The number of aromatic amines is 1. The van der Waals surface area contributed by atoms with E-state index in [1.807, 2.05) is 24.3 Å². The molecule has 2 aromatic rings. The maximum Gasteiger partial charge on any atom is 0.207 e. The van der Waals surface area contributed by atoms with E-state index in [1.165, 1.54) is 6.20 Å². The first-order valence-corrected chi connectivity index (χ1v) is 5.80. The van der Waals surface area contributed by atoms with Gasteiger partial charge in [0.05, 0.1) is 0 Å². The second kappa shape index (κ2) is 4.84. The molecule has 1 N–H and O–H groups in total. The average molecular weight is 226 g/mol.